The van der Waals surface area contributed by atoms with Crippen LogP contribution >= 0.6 is 11.6 Å². The number of halogens is 1. The molecule has 0 aliphatic rings. The Hall–Kier alpha value is -0.830. The summed E-state index contributed by atoms with van der Waals surface area (Å²) in [6.45, 7) is 6.84. The van der Waals surface area contributed by atoms with Crippen molar-refractivity contribution in [1.82, 2.24) is 9.55 Å². The minimum Gasteiger partial charge on any atom is -0.299 e. The van der Waals surface area contributed by atoms with Crippen molar-refractivity contribution in [2.75, 3.05) is 5.88 Å². The van der Waals surface area contributed by atoms with Crippen molar-refractivity contribution in [2.24, 2.45) is 0 Å². The van der Waals surface area contributed by atoms with Crippen LogP contribution in [-0.2, 0) is 12.0 Å². The lowest BCUT2D eigenvalue weighted by Crippen LogP contribution is -2.27. The SMILES string of the molecule is CC(C)(C)c1ccn(CCCCCl)c(=O)n1. The van der Waals surface area contributed by atoms with Crippen LogP contribution < -0.4 is 5.69 Å². The minimum absolute atomic E-state index is 0.0750. The number of aryl methyl sites for hydroxylation is 1. The van der Waals surface area contributed by atoms with E-state index in [0.717, 1.165) is 18.5 Å². The molecule has 1 aromatic rings. The smallest absolute Gasteiger partial charge is 0.299 e. The summed E-state index contributed by atoms with van der Waals surface area (Å²) in [4.78, 5) is 15.8. The van der Waals surface area contributed by atoms with Crippen LogP contribution in [0.25, 0.3) is 0 Å². The average Bonchev–Trinajstić information content (AvgIpc) is 2.19. The highest BCUT2D eigenvalue weighted by Crippen LogP contribution is 2.17. The predicted molar refractivity (Wildman–Crippen MR) is 67.2 cm³/mol. The van der Waals surface area contributed by atoms with Gasteiger partial charge in [-0.2, -0.15) is 4.98 Å². The van der Waals surface area contributed by atoms with Gasteiger partial charge in [0.2, 0.25) is 0 Å². The van der Waals surface area contributed by atoms with E-state index in [0.29, 0.717) is 12.4 Å². The maximum Gasteiger partial charge on any atom is 0.347 e. The van der Waals surface area contributed by atoms with Gasteiger partial charge >= 0.3 is 5.69 Å². The van der Waals surface area contributed by atoms with Gasteiger partial charge in [-0.1, -0.05) is 20.8 Å². The van der Waals surface area contributed by atoms with Crippen molar-refractivity contribution < 1.29 is 0 Å². The number of rotatable bonds is 4. The second kappa shape index (κ2) is 5.48. The number of hydrogen-bond acceptors (Lipinski definition) is 2. The molecule has 1 heterocycles. The van der Waals surface area contributed by atoms with E-state index in [4.69, 9.17) is 11.6 Å². The third kappa shape index (κ3) is 3.63. The minimum atomic E-state index is -0.165. The summed E-state index contributed by atoms with van der Waals surface area (Å²) in [5.74, 6) is 0.641. The number of aromatic nitrogens is 2. The number of unbranched alkanes of at least 4 members (excludes halogenated alkanes) is 1. The van der Waals surface area contributed by atoms with Crippen LogP contribution in [0.15, 0.2) is 17.1 Å². The van der Waals surface area contributed by atoms with E-state index in [-0.39, 0.29) is 11.1 Å². The lowest BCUT2D eigenvalue weighted by atomic mass is 9.92. The average molecular weight is 243 g/mol. The molecule has 0 spiro atoms. The number of hydrogen-bond donors (Lipinski definition) is 0. The molecule has 0 amide bonds. The Kier molecular flexibility index (Phi) is 4.54. The molecule has 3 nitrogen and oxygen atoms in total. The number of nitrogens with zero attached hydrogens (tertiary/aromatic N) is 2. The highest BCUT2D eigenvalue weighted by molar-refractivity contribution is 6.17. The van der Waals surface area contributed by atoms with Crippen LogP contribution in [0.2, 0.25) is 0 Å². The first kappa shape index (κ1) is 13.2. The van der Waals surface area contributed by atoms with Crippen LogP contribution in [0.5, 0.6) is 0 Å². The molecule has 1 aromatic heterocycles. The zero-order valence-electron chi connectivity index (χ0n) is 10.2. The van der Waals surface area contributed by atoms with Crippen molar-refractivity contribution in [3.8, 4) is 0 Å². The van der Waals surface area contributed by atoms with Crippen LogP contribution in [-0.4, -0.2) is 15.4 Å². The lowest BCUT2D eigenvalue weighted by Gasteiger charge is -2.17. The molecule has 0 fully saturated rings. The van der Waals surface area contributed by atoms with Gasteiger partial charge in [0, 0.05) is 24.0 Å². The second-order valence-electron chi connectivity index (χ2n) is 4.93. The first-order chi connectivity index (χ1) is 7.45. The van der Waals surface area contributed by atoms with E-state index < -0.39 is 0 Å². The molecule has 0 unspecified atom stereocenters. The highest BCUT2D eigenvalue weighted by atomic mass is 35.5. The zero-order chi connectivity index (χ0) is 12.2. The van der Waals surface area contributed by atoms with Gasteiger partial charge in [-0.15, -0.1) is 11.6 Å². The Morgan fingerprint density at radius 3 is 2.56 bits per heavy atom. The molecule has 1 rings (SSSR count). The summed E-state index contributed by atoms with van der Waals surface area (Å²) in [5.41, 5.74) is 0.599. The van der Waals surface area contributed by atoms with Gasteiger partial charge in [0.15, 0.2) is 0 Å². The molecule has 0 aliphatic carbocycles. The summed E-state index contributed by atoms with van der Waals surface area (Å²) in [6.07, 6.45) is 3.67. The monoisotopic (exact) mass is 242 g/mol. The normalized spacial score (nSPS) is 11.8. The van der Waals surface area contributed by atoms with E-state index in [2.05, 4.69) is 4.98 Å². The molecule has 0 saturated heterocycles. The number of alkyl halides is 1. The van der Waals surface area contributed by atoms with Crippen LogP contribution in [0, 0.1) is 0 Å². The van der Waals surface area contributed by atoms with Crippen molar-refractivity contribution in [2.45, 2.75) is 45.6 Å². The summed E-state index contributed by atoms with van der Waals surface area (Å²) < 4.78 is 1.64. The van der Waals surface area contributed by atoms with Gasteiger partial charge in [0.1, 0.15) is 0 Å². The third-order valence-corrected chi connectivity index (χ3v) is 2.69. The van der Waals surface area contributed by atoms with Crippen molar-refractivity contribution in [3.63, 3.8) is 0 Å². The molecule has 0 aliphatic heterocycles. The first-order valence-corrected chi connectivity index (χ1v) is 6.12. The van der Waals surface area contributed by atoms with Crippen LogP contribution in [0.1, 0.15) is 39.3 Å². The Morgan fingerprint density at radius 2 is 2.06 bits per heavy atom. The molecular formula is C12H19ClN2O. The van der Waals surface area contributed by atoms with Crippen molar-refractivity contribution in [1.29, 1.82) is 0 Å². The van der Waals surface area contributed by atoms with Crippen molar-refractivity contribution >= 4 is 11.6 Å². The van der Waals surface area contributed by atoms with Crippen LogP contribution in [0.3, 0.4) is 0 Å². The molecule has 0 bridgehead atoms. The molecule has 0 aromatic carbocycles. The summed E-state index contributed by atoms with van der Waals surface area (Å²) in [5, 5.41) is 0. The van der Waals surface area contributed by atoms with E-state index in [1.54, 1.807) is 4.57 Å². The van der Waals surface area contributed by atoms with Gasteiger partial charge < -0.3 is 0 Å². The van der Waals surface area contributed by atoms with E-state index >= 15 is 0 Å². The lowest BCUT2D eigenvalue weighted by molar-refractivity contribution is 0.541. The molecule has 4 heteroatoms. The van der Waals surface area contributed by atoms with Crippen molar-refractivity contribution in [3.05, 3.63) is 28.4 Å². The predicted octanol–water partition coefficient (Wildman–Crippen LogP) is 2.56. The van der Waals surface area contributed by atoms with E-state index in [1.807, 2.05) is 33.0 Å². The molecule has 0 atom stereocenters. The van der Waals surface area contributed by atoms with Gasteiger partial charge in [0.25, 0.3) is 0 Å². The van der Waals surface area contributed by atoms with Crippen LogP contribution in [0.4, 0.5) is 0 Å². The third-order valence-electron chi connectivity index (χ3n) is 2.43. The fraction of sp³-hybridized carbons (Fsp3) is 0.667. The summed E-state index contributed by atoms with van der Waals surface area (Å²) in [6, 6.07) is 1.92. The maximum absolute atomic E-state index is 11.7. The topological polar surface area (TPSA) is 34.9 Å². The van der Waals surface area contributed by atoms with Gasteiger partial charge in [-0.25, -0.2) is 4.79 Å². The Bertz CT molecular complexity index is 393. The zero-order valence-corrected chi connectivity index (χ0v) is 10.9. The second-order valence-corrected chi connectivity index (χ2v) is 5.31. The molecule has 0 N–H and O–H groups in total. The van der Waals surface area contributed by atoms with Gasteiger partial charge in [0.05, 0.1) is 5.69 Å². The van der Waals surface area contributed by atoms with E-state index in [9.17, 15) is 4.79 Å². The van der Waals surface area contributed by atoms with Gasteiger partial charge in [-0.3, -0.25) is 4.57 Å². The summed E-state index contributed by atoms with van der Waals surface area (Å²) in [7, 11) is 0. The summed E-state index contributed by atoms with van der Waals surface area (Å²) >= 11 is 5.59. The fourth-order valence-electron chi connectivity index (χ4n) is 1.39. The largest absolute Gasteiger partial charge is 0.347 e. The molecule has 0 saturated carbocycles. The Labute approximate surface area is 101 Å². The fourth-order valence-corrected chi connectivity index (χ4v) is 1.58. The Morgan fingerprint density at radius 1 is 1.38 bits per heavy atom. The van der Waals surface area contributed by atoms with Gasteiger partial charge in [-0.05, 0) is 18.9 Å². The molecular weight excluding hydrogens is 224 g/mol. The standard InChI is InChI=1S/C12H19ClN2O/c1-12(2,3)10-6-9-15(11(16)14-10)8-5-4-7-13/h6,9H,4-5,7-8H2,1-3H3. The van der Waals surface area contributed by atoms with E-state index in [1.165, 1.54) is 0 Å². The highest BCUT2D eigenvalue weighted by Gasteiger charge is 2.15. The first-order valence-electron chi connectivity index (χ1n) is 5.59. The quantitative estimate of drug-likeness (QED) is 0.601. The molecule has 90 valence electrons. The molecule has 16 heavy (non-hydrogen) atoms. The molecule has 0 radical (unpaired) electrons. The maximum atomic E-state index is 11.7. The Balaban J connectivity index is 2.80.